The van der Waals surface area contributed by atoms with Gasteiger partial charge < -0.3 is 9.84 Å². The normalized spacial score (nSPS) is 11.2. The van der Waals surface area contributed by atoms with Gasteiger partial charge in [0.15, 0.2) is 0 Å². The molecule has 0 atom stereocenters. The molecule has 2 rings (SSSR count). The number of carboxylic acid groups (broad SMARTS) is 1. The quantitative estimate of drug-likeness (QED) is 0.927. The van der Waals surface area contributed by atoms with Gasteiger partial charge in [-0.25, -0.2) is 14.2 Å². The summed E-state index contributed by atoms with van der Waals surface area (Å²) in [4.78, 5) is 14.9. The van der Waals surface area contributed by atoms with Gasteiger partial charge in [0.1, 0.15) is 17.1 Å². The van der Waals surface area contributed by atoms with Crippen LogP contribution in [0.3, 0.4) is 0 Å². The van der Waals surface area contributed by atoms with E-state index in [-0.39, 0.29) is 16.9 Å². The van der Waals surface area contributed by atoms with Crippen LogP contribution in [-0.2, 0) is 5.41 Å². The molecule has 0 spiro atoms. The molecular weight excluding hydrogens is 273 g/mol. The molecule has 0 aliphatic carbocycles. The summed E-state index contributed by atoms with van der Waals surface area (Å²) in [6.07, 6.45) is 0.932. The molecule has 110 valence electrons. The highest BCUT2D eigenvalue weighted by Crippen LogP contribution is 2.34. The number of hydrogen-bond acceptors (Lipinski definition) is 3. The third kappa shape index (κ3) is 3.37. The van der Waals surface area contributed by atoms with Crippen molar-refractivity contribution in [3.05, 3.63) is 53.5 Å². The van der Waals surface area contributed by atoms with Crippen molar-refractivity contribution in [1.82, 2.24) is 4.98 Å². The zero-order valence-electron chi connectivity index (χ0n) is 12.1. The molecular formula is C16H16FNO3. The molecule has 5 heteroatoms. The number of halogens is 1. The first-order valence-corrected chi connectivity index (χ1v) is 6.45. The fourth-order valence-corrected chi connectivity index (χ4v) is 1.94. The van der Waals surface area contributed by atoms with E-state index in [9.17, 15) is 9.18 Å². The molecule has 0 amide bonds. The summed E-state index contributed by atoms with van der Waals surface area (Å²) >= 11 is 0. The van der Waals surface area contributed by atoms with Crippen LogP contribution in [0.5, 0.6) is 11.6 Å². The Morgan fingerprint density at radius 2 is 1.95 bits per heavy atom. The van der Waals surface area contributed by atoms with Crippen LogP contribution in [0.25, 0.3) is 0 Å². The van der Waals surface area contributed by atoms with Crippen molar-refractivity contribution < 1.29 is 19.0 Å². The van der Waals surface area contributed by atoms with Crippen molar-refractivity contribution in [2.45, 2.75) is 26.2 Å². The van der Waals surface area contributed by atoms with Crippen LogP contribution in [0.15, 0.2) is 36.5 Å². The molecule has 0 aliphatic heterocycles. The molecule has 1 N–H and O–H groups in total. The number of pyridine rings is 1. The number of hydrogen-bond donors (Lipinski definition) is 1. The van der Waals surface area contributed by atoms with Gasteiger partial charge in [0.05, 0.1) is 6.20 Å². The average Bonchev–Trinajstić information content (AvgIpc) is 2.40. The standard InChI is InChI=1S/C16H16FNO3/c1-16(2,3)12-6-4-5-7-13(12)21-14-11(15(19)20)8-10(17)9-18-14/h4-9H,1-3H3,(H,19,20). The first kappa shape index (κ1) is 15.0. The number of nitrogens with zero attached hydrogens (tertiary/aromatic N) is 1. The van der Waals surface area contributed by atoms with E-state index in [0.29, 0.717) is 5.75 Å². The Labute approximate surface area is 122 Å². The third-order valence-corrected chi connectivity index (χ3v) is 2.95. The van der Waals surface area contributed by atoms with Crippen LogP contribution < -0.4 is 4.74 Å². The van der Waals surface area contributed by atoms with Gasteiger partial charge in [0.25, 0.3) is 0 Å². The number of benzene rings is 1. The fourth-order valence-electron chi connectivity index (χ4n) is 1.94. The second kappa shape index (κ2) is 5.52. The van der Waals surface area contributed by atoms with Crippen molar-refractivity contribution in [3.8, 4) is 11.6 Å². The first-order chi connectivity index (χ1) is 9.79. The molecule has 0 saturated heterocycles. The van der Waals surface area contributed by atoms with Crippen molar-refractivity contribution in [1.29, 1.82) is 0 Å². The number of aromatic nitrogens is 1. The molecule has 1 heterocycles. The van der Waals surface area contributed by atoms with E-state index in [1.54, 1.807) is 12.1 Å². The number of carbonyl (C=O) groups is 1. The van der Waals surface area contributed by atoms with Crippen LogP contribution in [0, 0.1) is 5.82 Å². The predicted molar refractivity (Wildman–Crippen MR) is 76.4 cm³/mol. The Balaban J connectivity index is 2.47. The Morgan fingerprint density at radius 1 is 1.29 bits per heavy atom. The predicted octanol–water partition coefficient (Wildman–Crippen LogP) is 4.01. The SMILES string of the molecule is CC(C)(C)c1ccccc1Oc1ncc(F)cc1C(=O)O. The lowest BCUT2D eigenvalue weighted by molar-refractivity contribution is 0.0692. The summed E-state index contributed by atoms with van der Waals surface area (Å²) in [6, 6.07) is 8.19. The summed E-state index contributed by atoms with van der Waals surface area (Å²) < 4.78 is 18.8. The largest absolute Gasteiger partial charge is 0.477 e. The maximum Gasteiger partial charge on any atom is 0.341 e. The Morgan fingerprint density at radius 3 is 2.57 bits per heavy atom. The van der Waals surface area contributed by atoms with Gasteiger partial charge >= 0.3 is 5.97 Å². The number of aromatic carboxylic acids is 1. The maximum atomic E-state index is 13.1. The van der Waals surface area contributed by atoms with E-state index in [2.05, 4.69) is 4.98 Å². The van der Waals surface area contributed by atoms with E-state index in [4.69, 9.17) is 9.84 Å². The average molecular weight is 289 g/mol. The van der Waals surface area contributed by atoms with Crippen LogP contribution in [0.4, 0.5) is 4.39 Å². The topological polar surface area (TPSA) is 59.4 Å². The van der Waals surface area contributed by atoms with Crippen LogP contribution in [0.2, 0.25) is 0 Å². The van der Waals surface area contributed by atoms with Gasteiger partial charge in [0, 0.05) is 5.56 Å². The van der Waals surface area contributed by atoms with Gasteiger partial charge in [-0.2, -0.15) is 0 Å². The summed E-state index contributed by atoms with van der Waals surface area (Å²) in [5.74, 6) is -1.62. The van der Waals surface area contributed by atoms with E-state index in [1.807, 2.05) is 32.9 Å². The molecule has 0 bridgehead atoms. The lowest BCUT2D eigenvalue weighted by Gasteiger charge is -2.22. The second-order valence-electron chi connectivity index (χ2n) is 5.66. The maximum absolute atomic E-state index is 13.1. The number of carboxylic acids is 1. The molecule has 1 aromatic heterocycles. The number of ether oxygens (including phenoxy) is 1. The molecule has 0 unspecified atom stereocenters. The van der Waals surface area contributed by atoms with Crippen LogP contribution in [0.1, 0.15) is 36.7 Å². The minimum atomic E-state index is -1.29. The highest BCUT2D eigenvalue weighted by molar-refractivity contribution is 5.90. The molecule has 21 heavy (non-hydrogen) atoms. The van der Waals surface area contributed by atoms with E-state index >= 15 is 0 Å². The molecule has 0 radical (unpaired) electrons. The van der Waals surface area contributed by atoms with Crippen LogP contribution in [-0.4, -0.2) is 16.1 Å². The smallest absolute Gasteiger partial charge is 0.341 e. The minimum absolute atomic E-state index is 0.124. The van der Waals surface area contributed by atoms with Crippen molar-refractivity contribution >= 4 is 5.97 Å². The molecule has 0 saturated carbocycles. The van der Waals surface area contributed by atoms with E-state index < -0.39 is 11.8 Å². The lowest BCUT2D eigenvalue weighted by Crippen LogP contribution is -2.13. The second-order valence-corrected chi connectivity index (χ2v) is 5.66. The highest BCUT2D eigenvalue weighted by atomic mass is 19.1. The number of rotatable bonds is 3. The van der Waals surface area contributed by atoms with Crippen molar-refractivity contribution in [2.75, 3.05) is 0 Å². The number of para-hydroxylation sites is 1. The van der Waals surface area contributed by atoms with Gasteiger partial charge in [-0.3, -0.25) is 0 Å². The Bertz CT molecular complexity index is 677. The summed E-state index contributed by atoms with van der Waals surface area (Å²) in [6.45, 7) is 6.06. The van der Waals surface area contributed by atoms with Crippen molar-refractivity contribution in [3.63, 3.8) is 0 Å². The molecule has 0 aliphatic rings. The van der Waals surface area contributed by atoms with E-state index in [0.717, 1.165) is 17.8 Å². The lowest BCUT2D eigenvalue weighted by atomic mass is 9.86. The fraction of sp³-hybridized carbons (Fsp3) is 0.250. The van der Waals surface area contributed by atoms with Gasteiger partial charge in [0.2, 0.25) is 5.88 Å². The third-order valence-electron chi connectivity index (χ3n) is 2.95. The van der Waals surface area contributed by atoms with Crippen LogP contribution >= 0.6 is 0 Å². The zero-order chi connectivity index (χ0) is 15.6. The summed E-state index contributed by atoms with van der Waals surface area (Å²) in [7, 11) is 0. The molecule has 0 fully saturated rings. The van der Waals surface area contributed by atoms with Gasteiger partial charge in [-0.05, 0) is 17.5 Å². The Kier molecular flexibility index (Phi) is 3.93. The van der Waals surface area contributed by atoms with E-state index in [1.165, 1.54) is 0 Å². The van der Waals surface area contributed by atoms with Crippen molar-refractivity contribution in [2.24, 2.45) is 0 Å². The van der Waals surface area contributed by atoms with Gasteiger partial charge in [-0.15, -0.1) is 0 Å². The monoisotopic (exact) mass is 289 g/mol. The molecule has 4 nitrogen and oxygen atoms in total. The summed E-state index contributed by atoms with van der Waals surface area (Å²) in [5.41, 5.74) is 0.422. The minimum Gasteiger partial charge on any atom is -0.477 e. The molecule has 2 aromatic rings. The Hall–Kier alpha value is -2.43. The van der Waals surface area contributed by atoms with Gasteiger partial charge in [-0.1, -0.05) is 39.0 Å². The summed E-state index contributed by atoms with van der Waals surface area (Å²) in [5, 5.41) is 9.11. The highest BCUT2D eigenvalue weighted by Gasteiger charge is 2.21. The zero-order valence-corrected chi connectivity index (χ0v) is 12.1. The molecule has 1 aromatic carbocycles. The first-order valence-electron chi connectivity index (χ1n) is 6.45.